The molecule has 3 heteroatoms. The van der Waals surface area contributed by atoms with Crippen molar-refractivity contribution in [2.45, 2.75) is 12.5 Å². The van der Waals surface area contributed by atoms with Gasteiger partial charge < -0.3 is 14.7 Å². The largest absolute Gasteiger partial charge is 0.493 e. The number of nitrogens with zero attached hydrogens (tertiary/aromatic N) is 1. The minimum absolute atomic E-state index is 0.596. The molecular formula is C17H19NO2. The lowest BCUT2D eigenvalue weighted by Crippen LogP contribution is -2.09. The summed E-state index contributed by atoms with van der Waals surface area (Å²) in [7, 11) is 4.00. The van der Waals surface area contributed by atoms with Crippen LogP contribution in [0.3, 0.4) is 0 Å². The van der Waals surface area contributed by atoms with E-state index in [1.165, 1.54) is 5.56 Å². The Morgan fingerprint density at radius 1 is 1.10 bits per heavy atom. The maximum absolute atomic E-state index is 10.6. The quantitative estimate of drug-likeness (QED) is 0.930. The summed E-state index contributed by atoms with van der Waals surface area (Å²) in [5.41, 5.74) is 4.11. The maximum atomic E-state index is 10.6. The van der Waals surface area contributed by atoms with E-state index in [2.05, 4.69) is 6.07 Å². The lowest BCUT2D eigenvalue weighted by atomic mass is 9.98. The van der Waals surface area contributed by atoms with Crippen molar-refractivity contribution in [3.05, 3.63) is 59.2 Å². The van der Waals surface area contributed by atoms with Gasteiger partial charge in [-0.3, -0.25) is 0 Å². The molecule has 2 aromatic rings. The zero-order chi connectivity index (χ0) is 14.1. The number of rotatable bonds is 3. The number of aliphatic hydroxyl groups excluding tert-OH is 1. The summed E-state index contributed by atoms with van der Waals surface area (Å²) in [6.45, 7) is 0.741. The summed E-state index contributed by atoms with van der Waals surface area (Å²) in [4.78, 5) is 2.03. The summed E-state index contributed by atoms with van der Waals surface area (Å²) in [5.74, 6) is 0.947. The van der Waals surface area contributed by atoms with Gasteiger partial charge in [0.2, 0.25) is 0 Å². The number of hydrogen-bond donors (Lipinski definition) is 1. The molecule has 1 aliphatic heterocycles. The molecule has 0 aliphatic carbocycles. The molecule has 0 fully saturated rings. The van der Waals surface area contributed by atoms with Gasteiger partial charge in [-0.15, -0.1) is 0 Å². The third-order valence-corrected chi connectivity index (χ3v) is 3.73. The van der Waals surface area contributed by atoms with E-state index in [0.29, 0.717) is 0 Å². The second-order valence-corrected chi connectivity index (χ2v) is 5.36. The minimum atomic E-state index is -0.596. The minimum Gasteiger partial charge on any atom is -0.493 e. The SMILES string of the molecule is CN(C)c1cccc(C(O)c2ccc3c(c2)CCO3)c1. The van der Waals surface area contributed by atoms with Crippen LogP contribution in [0.1, 0.15) is 22.8 Å². The summed E-state index contributed by atoms with van der Waals surface area (Å²) >= 11 is 0. The van der Waals surface area contributed by atoms with E-state index in [9.17, 15) is 5.11 Å². The predicted octanol–water partition coefficient (Wildman–Crippen LogP) is 2.77. The van der Waals surface area contributed by atoms with Crippen molar-refractivity contribution < 1.29 is 9.84 Å². The molecule has 104 valence electrons. The van der Waals surface area contributed by atoms with Crippen molar-refractivity contribution in [2.75, 3.05) is 25.6 Å². The van der Waals surface area contributed by atoms with Crippen molar-refractivity contribution in [3.8, 4) is 5.75 Å². The Morgan fingerprint density at radius 3 is 2.70 bits per heavy atom. The lowest BCUT2D eigenvalue weighted by Gasteiger charge is -2.17. The molecule has 1 aliphatic rings. The topological polar surface area (TPSA) is 32.7 Å². The van der Waals surface area contributed by atoms with Crippen molar-refractivity contribution in [2.24, 2.45) is 0 Å². The summed E-state index contributed by atoms with van der Waals surface area (Å²) in [5, 5.41) is 10.6. The molecule has 0 aromatic heterocycles. The smallest absolute Gasteiger partial charge is 0.122 e. The van der Waals surface area contributed by atoms with Crippen LogP contribution in [-0.2, 0) is 6.42 Å². The Balaban J connectivity index is 1.92. The van der Waals surface area contributed by atoms with Crippen molar-refractivity contribution >= 4 is 5.69 Å². The molecule has 0 spiro atoms. The molecule has 0 bridgehead atoms. The Morgan fingerprint density at radius 2 is 1.90 bits per heavy atom. The fourth-order valence-electron chi connectivity index (χ4n) is 2.54. The molecule has 2 aromatic carbocycles. The predicted molar refractivity (Wildman–Crippen MR) is 80.5 cm³/mol. The summed E-state index contributed by atoms with van der Waals surface area (Å²) in [6, 6.07) is 13.9. The fraction of sp³-hybridized carbons (Fsp3) is 0.294. The second-order valence-electron chi connectivity index (χ2n) is 5.36. The summed E-state index contributed by atoms with van der Waals surface area (Å²) in [6.07, 6.45) is 0.328. The zero-order valence-electron chi connectivity index (χ0n) is 11.8. The third kappa shape index (κ3) is 2.37. The van der Waals surface area contributed by atoms with Gasteiger partial charge in [0, 0.05) is 26.2 Å². The van der Waals surface area contributed by atoms with E-state index in [4.69, 9.17) is 4.74 Å². The maximum Gasteiger partial charge on any atom is 0.122 e. The monoisotopic (exact) mass is 269 g/mol. The highest BCUT2D eigenvalue weighted by Crippen LogP contribution is 2.31. The van der Waals surface area contributed by atoms with Crippen molar-refractivity contribution in [1.29, 1.82) is 0 Å². The highest BCUT2D eigenvalue weighted by atomic mass is 16.5. The van der Waals surface area contributed by atoms with Crippen LogP contribution in [0.15, 0.2) is 42.5 Å². The van der Waals surface area contributed by atoms with Crippen LogP contribution in [0.4, 0.5) is 5.69 Å². The first-order valence-corrected chi connectivity index (χ1v) is 6.86. The van der Waals surface area contributed by atoms with Gasteiger partial charge >= 0.3 is 0 Å². The van der Waals surface area contributed by atoms with Gasteiger partial charge in [-0.2, -0.15) is 0 Å². The van der Waals surface area contributed by atoms with Crippen LogP contribution >= 0.6 is 0 Å². The summed E-state index contributed by atoms with van der Waals surface area (Å²) < 4.78 is 5.50. The van der Waals surface area contributed by atoms with Crippen LogP contribution in [0.25, 0.3) is 0 Å². The Bertz CT molecular complexity index is 622. The molecule has 3 rings (SSSR count). The standard InChI is InChI=1S/C17H19NO2/c1-18(2)15-5-3-4-13(11-15)17(19)14-6-7-16-12(10-14)8-9-20-16/h3-7,10-11,17,19H,8-9H2,1-2H3. The van der Waals surface area contributed by atoms with Gasteiger partial charge in [0.1, 0.15) is 11.9 Å². The van der Waals surface area contributed by atoms with Crippen LogP contribution in [0, 0.1) is 0 Å². The number of anilines is 1. The van der Waals surface area contributed by atoms with Crippen LogP contribution < -0.4 is 9.64 Å². The third-order valence-electron chi connectivity index (χ3n) is 3.73. The number of ether oxygens (including phenoxy) is 1. The molecule has 1 N–H and O–H groups in total. The fourth-order valence-corrected chi connectivity index (χ4v) is 2.54. The molecule has 1 atom stereocenters. The number of benzene rings is 2. The number of aliphatic hydroxyl groups is 1. The zero-order valence-corrected chi connectivity index (χ0v) is 11.8. The lowest BCUT2D eigenvalue weighted by molar-refractivity contribution is 0.220. The van der Waals surface area contributed by atoms with E-state index >= 15 is 0 Å². The van der Waals surface area contributed by atoms with E-state index < -0.39 is 6.10 Å². The van der Waals surface area contributed by atoms with Gasteiger partial charge in [-0.05, 0) is 41.0 Å². The average molecular weight is 269 g/mol. The van der Waals surface area contributed by atoms with Gasteiger partial charge in [-0.25, -0.2) is 0 Å². The van der Waals surface area contributed by atoms with Crippen molar-refractivity contribution in [3.63, 3.8) is 0 Å². The van der Waals surface area contributed by atoms with Crippen LogP contribution in [-0.4, -0.2) is 25.8 Å². The first kappa shape index (κ1) is 13.0. The first-order valence-electron chi connectivity index (χ1n) is 6.86. The molecular weight excluding hydrogens is 250 g/mol. The average Bonchev–Trinajstić information content (AvgIpc) is 2.94. The van der Waals surface area contributed by atoms with Crippen LogP contribution in [0.2, 0.25) is 0 Å². The molecule has 1 heterocycles. The molecule has 20 heavy (non-hydrogen) atoms. The Hall–Kier alpha value is -2.00. The highest BCUT2D eigenvalue weighted by Gasteiger charge is 2.17. The first-order chi connectivity index (χ1) is 9.65. The number of hydrogen-bond acceptors (Lipinski definition) is 3. The van der Waals surface area contributed by atoms with E-state index in [-0.39, 0.29) is 0 Å². The van der Waals surface area contributed by atoms with E-state index in [1.54, 1.807) is 0 Å². The van der Waals surface area contributed by atoms with Gasteiger partial charge in [-0.1, -0.05) is 18.2 Å². The normalized spacial score (nSPS) is 14.6. The number of fused-ring (bicyclic) bond motifs is 1. The molecule has 0 saturated heterocycles. The Labute approximate surface area is 119 Å². The van der Waals surface area contributed by atoms with Crippen LogP contribution in [0.5, 0.6) is 5.75 Å². The molecule has 0 radical (unpaired) electrons. The second kappa shape index (κ2) is 5.17. The van der Waals surface area contributed by atoms with E-state index in [0.717, 1.165) is 35.6 Å². The Kier molecular flexibility index (Phi) is 3.36. The van der Waals surface area contributed by atoms with Crippen molar-refractivity contribution in [1.82, 2.24) is 0 Å². The van der Waals surface area contributed by atoms with Gasteiger partial charge in [0.15, 0.2) is 0 Å². The van der Waals surface area contributed by atoms with E-state index in [1.807, 2.05) is 55.4 Å². The van der Waals surface area contributed by atoms with Gasteiger partial charge in [0.05, 0.1) is 6.61 Å². The molecule has 0 saturated carbocycles. The van der Waals surface area contributed by atoms with Gasteiger partial charge in [0.25, 0.3) is 0 Å². The molecule has 3 nitrogen and oxygen atoms in total. The molecule has 0 amide bonds. The molecule has 1 unspecified atom stereocenters. The highest BCUT2D eigenvalue weighted by molar-refractivity contribution is 5.50.